The van der Waals surface area contributed by atoms with Crippen molar-refractivity contribution in [3.63, 3.8) is 0 Å². The van der Waals surface area contributed by atoms with E-state index in [1.165, 1.54) is 0 Å². The lowest BCUT2D eigenvalue weighted by Gasteiger charge is -2.25. The molecule has 2 unspecified atom stereocenters. The zero-order valence-corrected chi connectivity index (χ0v) is 10.9. The second-order valence-corrected chi connectivity index (χ2v) is 4.97. The third kappa shape index (κ3) is 6.03. The van der Waals surface area contributed by atoms with E-state index in [4.69, 9.17) is 10.5 Å². The Balaban J connectivity index is 2.04. The van der Waals surface area contributed by atoms with Gasteiger partial charge in [0.1, 0.15) is 0 Å². The number of nitrogens with one attached hydrogen (secondary N) is 1. The second-order valence-electron chi connectivity index (χ2n) is 4.97. The minimum absolute atomic E-state index is 0.151. The highest BCUT2D eigenvalue weighted by atomic mass is 16.5. The van der Waals surface area contributed by atoms with Gasteiger partial charge in [0.15, 0.2) is 0 Å². The minimum Gasteiger partial charge on any atom is -0.385 e. The van der Waals surface area contributed by atoms with Crippen molar-refractivity contribution in [1.82, 2.24) is 5.32 Å². The van der Waals surface area contributed by atoms with E-state index in [9.17, 15) is 4.79 Å². The van der Waals surface area contributed by atoms with Crippen molar-refractivity contribution < 1.29 is 9.53 Å². The fourth-order valence-corrected chi connectivity index (χ4v) is 2.37. The van der Waals surface area contributed by atoms with Crippen LogP contribution in [0.3, 0.4) is 0 Å². The van der Waals surface area contributed by atoms with Gasteiger partial charge in [-0.05, 0) is 38.5 Å². The summed E-state index contributed by atoms with van der Waals surface area (Å²) in [4.78, 5) is 11.8. The highest BCUT2D eigenvalue weighted by Crippen LogP contribution is 2.22. The van der Waals surface area contributed by atoms with E-state index in [0.717, 1.165) is 58.1 Å². The first kappa shape index (κ1) is 14.5. The Morgan fingerprint density at radius 1 is 1.35 bits per heavy atom. The van der Waals surface area contributed by atoms with Crippen LogP contribution in [0, 0.1) is 5.92 Å². The SMILES string of the molecule is COCCCCCNC(=O)C1CCCC(N)C1. The molecule has 0 aromatic rings. The van der Waals surface area contributed by atoms with Gasteiger partial charge in [-0.1, -0.05) is 6.42 Å². The number of nitrogens with two attached hydrogens (primary N) is 1. The van der Waals surface area contributed by atoms with Crippen molar-refractivity contribution in [3.05, 3.63) is 0 Å². The van der Waals surface area contributed by atoms with E-state index in [0.29, 0.717) is 0 Å². The summed E-state index contributed by atoms with van der Waals surface area (Å²) in [7, 11) is 1.72. The molecule has 0 aromatic heterocycles. The van der Waals surface area contributed by atoms with Gasteiger partial charge in [-0.2, -0.15) is 0 Å². The predicted molar refractivity (Wildman–Crippen MR) is 68.7 cm³/mol. The topological polar surface area (TPSA) is 64.3 Å². The van der Waals surface area contributed by atoms with Crippen molar-refractivity contribution in [2.45, 2.75) is 51.0 Å². The Labute approximate surface area is 104 Å². The summed E-state index contributed by atoms with van der Waals surface area (Å²) >= 11 is 0. The molecule has 0 aromatic carbocycles. The van der Waals surface area contributed by atoms with Gasteiger partial charge in [0.05, 0.1) is 0 Å². The first-order valence-electron chi connectivity index (χ1n) is 6.76. The van der Waals surface area contributed by atoms with E-state index < -0.39 is 0 Å². The van der Waals surface area contributed by atoms with E-state index in [1.54, 1.807) is 7.11 Å². The maximum absolute atomic E-state index is 11.8. The Kier molecular flexibility index (Phi) is 7.21. The number of hydrogen-bond donors (Lipinski definition) is 2. The standard InChI is InChI=1S/C13H26N2O2/c1-17-9-4-2-3-8-15-13(16)11-6-5-7-12(14)10-11/h11-12H,2-10,14H2,1H3,(H,15,16). The summed E-state index contributed by atoms with van der Waals surface area (Å²) in [6.07, 6.45) is 7.24. The lowest BCUT2D eigenvalue weighted by Crippen LogP contribution is -2.38. The molecule has 1 aliphatic rings. The van der Waals surface area contributed by atoms with Gasteiger partial charge in [0.25, 0.3) is 0 Å². The van der Waals surface area contributed by atoms with Crippen molar-refractivity contribution >= 4 is 5.91 Å². The molecule has 2 atom stereocenters. The van der Waals surface area contributed by atoms with Crippen molar-refractivity contribution in [3.8, 4) is 0 Å². The van der Waals surface area contributed by atoms with Crippen LogP contribution in [0.2, 0.25) is 0 Å². The van der Waals surface area contributed by atoms with Crippen LogP contribution >= 0.6 is 0 Å². The third-order valence-corrected chi connectivity index (χ3v) is 3.41. The molecule has 3 N–H and O–H groups in total. The van der Waals surface area contributed by atoms with Crippen LogP contribution in [-0.2, 0) is 9.53 Å². The molecular weight excluding hydrogens is 216 g/mol. The van der Waals surface area contributed by atoms with E-state index in [1.807, 2.05) is 0 Å². The average Bonchev–Trinajstić information content (AvgIpc) is 2.33. The zero-order chi connectivity index (χ0) is 12.5. The van der Waals surface area contributed by atoms with Crippen LogP contribution in [0.25, 0.3) is 0 Å². The van der Waals surface area contributed by atoms with Gasteiger partial charge < -0.3 is 15.8 Å². The van der Waals surface area contributed by atoms with Crippen LogP contribution in [0.15, 0.2) is 0 Å². The predicted octanol–water partition coefficient (Wildman–Crippen LogP) is 1.44. The Morgan fingerprint density at radius 3 is 2.88 bits per heavy atom. The normalized spacial score (nSPS) is 24.6. The molecule has 1 saturated carbocycles. The number of unbranched alkanes of at least 4 members (excludes halogenated alkanes) is 2. The summed E-state index contributed by atoms with van der Waals surface area (Å²) < 4.78 is 4.98. The Morgan fingerprint density at radius 2 is 2.18 bits per heavy atom. The number of amides is 1. The quantitative estimate of drug-likeness (QED) is 0.664. The molecule has 1 rings (SSSR count). The minimum atomic E-state index is 0.151. The fourth-order valence-electron chi connectivity index (χ4n) is 2.37. The lowest BCUT2D eigenvalue weighted by molar-refractivity contribution is -0.126. The monoisotopic (exact) mass is 242 g/mol. The summed E-state index contributed by atoms with van der Waals surface area (Å²) in [5.74, 6) is 0.351. The molecule has 0 saturated heterocycles. The molecule has 0 bridgehead atoms. The fraction of sp³-hybridized carbons (Fsp3) is 0.923. The molecule has 1 aliphatic carbocycles. The van der Waals surface area contributed by atoms with Crippen molar-refractivity contribution in [1.29, 1.82) is 0 Å². The maximum atomic E-state index is 11.8. The largest absolute Gasteiger partial charge is 0.385 e. The highest BCUT2D eigenvalue weighted by molar-refractivity contribution is 5.78. The van der Waals surface area contributed by atoms with Crippen LogP contribution in [0.4, 0.5) is 0 Å². The smallest absolute Gasteiger partial charge is 0.223 e. The second kappa shape index (κ2) is 8.48. The number of methoxy groups -OCH3 is 1. The number of rotatable bonds is 7. The maximum Gasteiger partial charge on any atom is 0.223 e. The lowest BCUT2D eigenvalue weighted by atomic mass is 9.85. The number of ether oxygens (including phenoxy) is 1. The number of carbonyl (C=O) groups excluding carboxylic acids is 1. The molecule has 1 fully saturated rings. The first-order valence-corrected chi connectivity index (χ1v) is 6.76. The summed E-state index contributed by atoms with van der Waals surface area (Å²) in [6.45, 7) is 1.60. The summed E-state index contributed by atoms with van der Waals surface area (Å²) in [6, 6.07) is 0.223. The summed E-state index contributed by atoms with van der Waals surface area (Å²) in [5, 5.41) is 3.01. The van der Waals surface area contributed by atoms with Gasteiger partial charge in [-0.15, -0.1) is 0 Å². The number of hydrogen-bond acceptors (Lipinski definition) is 3. The molecule has 1 amide bonds. The summed E-state index contributed by atoms with van der Waals surface area (Å²) in [5.41, 5.74) is 5.88. The van der Waals surface area contributed by atoms with E-state index >= 15 is 0 Å². The molecule has 0 spiro atoms. The molecule has 0 radical (unpaired) electrons. The molecule has 4 heteroatoms. The molecule has 4 nitrogen and oxygen atoms in total. The molecule has 0 heterocycles. The third-order valence-electron chi connectivity index (χ3n) is 3.41. The molecule has 17 heavy (non-hydrogen) atoms. The molecule has 0 aliphatic heterocycles. The average molecular weight is 242 g/mol. The van der Waals surface area contributed by atoms with Gasteiger partial charge in [0, 0.05) is 32.2 Å². The van der Waals surface area contributed by atoms with Gasteiger partial charge in [0.2, 0.25) is 5.91 Å². The van der Waals surface area contributed by atoms with Gasteiger partial charge >= 0.3 is 0 Å². The molecule has 100 valence electrons. The zero-order valence-electron chi connectivity index (χ0n) is 10.9. The number of carbonyl (C=O) groups is 1. The van der Waals surface area contributed by atoms with E-state index in [2.05, 4.69) is 5.32 Å². The van der Waals surface area contributed by atoms with E-state index in [-0.39, 0.29) is 17.9 Å². The van der Waals surface area contributed by atoms with Crippen LogP contribution in [-0.4, -0.2) is 32.2 Å². The van der Waals surface area contributed by atoms with Crippen LogP contribution in [0.1, 0.15) is 44.9 Å². The Hall–Kier alpha value is -0.610. The first-order chi connectivity index (χ1) is 8.24. The van der Waals surface area contributed by atoms with Crippen molar-refractivity contribution in [2.24, 2.45) is 11.7 Å². The van der Waals surface area contributed by atoms with Crippen molar-refractivity contribution in [2.75, 3.05) is 20.3 Å². The molecular formula is C13H26N2O2. The highest BCUT2D eigenvalue weighted by Gasteiger charge is 2.24. The van der Waals surface area contributed by atoms with Gasteiger partial charge in [-0.3, -0.25) is 4.79 Å². The van der Waals surface area contributed by atoms with Crippen LogP contribution < -0.4 is 11.1 Å². The Bertz CT molecular complexity index is 221. The van der Waals surface area contributed by atoms with Gasteiger partial charge in [-0.25, -0.2) is 0 Å². The van der Waals surface area contributed by atoms with Crippen LogP contribution in [0.5, 0.6) is 0 Å².